The van der Waals surface area contributed by atoms with E-state index in [4.69, 9.17) is 0 Å². The Morgan fingerprint density at radius 1 is 1.26 bits per heavy atom. The van der Waals surface area contributed by atoms with E-state index in [1.54, 1.807) is 18.5 Å². The average Bonchev–Trinajstić information content (AvgIpc) is 2.53. The van der Waals surface area contributed by atoms with Crippen molar-refractivity contribution in [3.05, 3.63) is 53.9 Å². The molecule has 1 N–H and O–H groups in total. The van der Waals surface area contributed by atoms with Crippen LogP contribution >= 0.6 is 11.8 Å². The van der Waals surface area contributed by atoms with E-state index in [9.17, 15) is 18.0 Å². The van der Waals surface area contributed by atoms with Crippen molar-refractivity contribution < 1.29 is 18.0 Å². The molecule has 1 heterocycles. The minimum Gasteiger partial charge on any atom is -0.272 e. The molecule has 0 bridgehead atoms. The van der Waals surface area contributed by atoms with E-state index in [-0.39, 0.29) is 11.3 Å². The summed E-state index contributed by atoms with van der Waals surface area (Å²) in [6.45, 7) is 0. The second kappa shape index (κ2) is 7.73. The number of nitrogens with one attached hydrogen (secondary N) is 1. The number of hydrogen-bond acceptors (Lipinski definition) is 5. The molecule has 0 atom stereocenters. The van der Waals surface area contributed by atoms with Gasteiger partial charge < -0.3 is 0 Å². The van der Waals surface area contributed by atoms with Gasteiger partial charge >= 0.3 is 6.18 Å². The third-order valence-electron chi connectivity index (χ3n) is 2.49. The fourth-order valence-electron chi connectivity index (χ4n) is 1.50. The second-order valence-corrected chi connectivity index (χ2v) is 5.18. The zero-order valence-corrected chi connectivity index (χ0v) is 12.4. The van der Waals surface area contributed by atoms with Crippen LogP contribution in [0.25, 0.3) is 0 Å². The first-order valence-electron chi connectivity index (χ1n) is 6.34. The summed E-state index contributed by atoms with van der Waals surface area (Å²) in [6, 6.07) is 6.30. The van der Waals surface area contributed by atoms with Gasteiger partial charge in [0.05, 0.1) is 17.5 Å². The Morgan fingerprint density at radius 3 is 2.70 bits per heavy atom. The lowest BCUT2D eigenvalue weighted by atomic mass is 10.1. The van der Waals surface area contributed by atoms with Crippen LogP contribution in [0.3, 0.4) is 0 Å². The maximum absolute atomic E-state index is 12.6. The van der Waals surface area contributed by atoms with Crippen LogP contribution in [-0.2, 0) is 11.0 Å². The topological polar surface area (TPSA) is 67.2 Å². The maximum Gasteiger partial charge on any atom is 0.416 e. The van der Waals surface area contributed by atoms with Crippen LogP contribution in [0.15, 0.2) is 53.0 Å². The summed E-state index contributed by atoms with van der Waals surface area (Å²) in [6.07, 6.45) is -0.158. The molecule has 0 fully saturated rings. The molecule has 1 aromatic heterocycles. The van der Waals surface area contributed by atoms with Crippen molar-refractivity contribution in [2.75, 3.05) is 5.75 Å². The smallest absolute Gasteiger partial charge is 0.272 e. The summed E-state index contributed by atoms with van der Waals surface area (Å²) in [4.78, 5) is 19.4. The predicted molar refractivity (Wildman–Crippen MR) is 79.9 cm³/mol. The van der Waals surface area contributed by atoms with E-state index >= 15 is 0 Å². The summed E-state index contributed by atoms with van der Waals surface area (Å²) >= 11 is 1.12. The first-order chi connectivity index (χ1) is 10.9. The Labute approximate surface area is 134 Å². The third kappa shape index (κ3) is 5.70. The van der Waals surface area contributed by atoms with E-state index in [1.807, 2.05) is 0 Å². The summed E-state index contributed by atoms with van der Waals surface area (Å²) in [5.41, 5.74) is 1.69. The van der Waals surface area contributed by atoms with Crippen molar-refractivity contribution in [3.8, 4) is 0 Å². The number of hydrogen-bond donors (Lipinski definition) is 1. The highest BCUT2D eigenvalue weighted by atomic mass is 32.2. The molecule has 2 aromatic rings. The summed E-state index contributed by atoms with van der Waals surface area (Å²) in [5, 5.41) is 4.08. The highest BCUT2D eigenvalue weighted by Crippen LogP contribution is 2.29. The van der Waals surface area contributed by atoms with E-state index in [2.05, 4.69) is 20.5 Å². The number of benzene rings is 1. The number of rotatable bonds is 5. The van der Waals surface area contributed by atoms with Crippen LogP contribution in [0.4, 0.5) is 13.2 Å². The van der Waals surface area contributed by atoms with E-state index < -0.39 is 17.6 Å². The Balaban J connectivity index is 1.85. The van der Waals surface area contributed by atoms with Gasteiger partial charge in [0.25, 0.3) is 5.91 Å². The molecule has 1 aromatic carbocycles. The van der Waals surface area contributed by atoms with Gasteiger partial charge in [0.1, 0.15) is 0 Å². The van der Waals surface area contributed by atoms with Crippen molar-refractivity contribution in [2.45, 2.75) is 11.3 Å². The van der Waals surface area contributed by atoms with Gasteiger partial charge in [-0.25, -0.2) is 15.4 Å². The van der Waals surface area contributed by atoms with Gasteiger partial charge in [-0.1, -0.05) is 23.9 Å². The highest BCUT2D eigenvalue weighted by molar-refractivity contribution is 7.99. The molecule has 9 heteroatoms. The zero-order chi connectivity index (χ0) is 16.7. The van der Waals surface area contributed by atoms with Gasteiger partial charge in [0.15, 0.2) is 5.16 Å². The number of amides is 1. The molecule has 0 radical (unpaired) electrons. The van der Waals surface area contributed by atoms with Crippen molar-refractivity contribution in [2.24, 2.45) is 5.10 Å². The lowest BCUT2D eigenvalue weighted by molar-refractivity contribution is -0.137. The summed E-state index contributed by atoms with van der Waals surface area (Å²) in [7, 11) is 0. The van der Waals surface area contributed by atoms with Crippen molar-refractivity contribution >= 4 is 23.9 Å². The van der Waals surface area contributed by atoms with E-state index in [1.165, 1.54) is 12.1 Å². The highest BCUT2D eigenvalue weighted by Gasteiger charge is 2.30. The maximum atomic E-state index is 12.6. The molecular weight excluding hydrogens is 329 g/mol. The molecule has 0 aliphatic carbocycles. The molecule has 0 saturated heterocycles. The number of aromatic nitrogens is 2. The monoisotopic (exact) mass is 340 g/mol. The molecule has 0 saturated carbocycles. The molecule has 23 heavy (non-hydrogen) atoms. The minimum absolute atomic E-state index is 0.0456. The van der Waals surface area contributed by atoms with Crippen LogP contribution in [0.1, 0.15) is 11.1 Å². The van der Waals surface area contributed by atoms with Crippen molar-refractivity contribution in [3.63, 3.8) is 0 Å². The molecule has 120 valence electrons. The Hall–Kier alpha value is -2.42. The molecule has 0 spiro atoms. The van der Waals surface area contributed by atoms with Crippen LogP contribution in [0.2, 0.25) is 0 Å². The van der Waals surface area contributed by atoms with Crippen molar-refractivity contribution in [1.82, 2.24) is 15.4 Å². The number of thioether (sulfide) groups is 1. The standard InChI is InChI=1S/C14H11F3N4OS/c15-14(16,17)11-4-1-3-10(7-11)8-20-21-12(22)9-23-13-18-5-2-6-19-13/h1-8H,9H2,(H,21,22)/b20-8-. The second-order valence-electron chi connectivity index (χ2n) is 4.24. The molecule has 0 aliphatic heterocycles. The fourth-order valence-corrected chi connectivity index (χ4v) is 2.09. The van der Waals surface area contributed by atoms with E-state index in [0.717, 1.165) is 30.1 Å². The Morgan fingerprint density at radius 2 is 2.00 bits per heavy atom. The van der Waals surface area contributed by atoms with Gasteiger partial charge in [0.2, 0.25) is 0 Å². The largest absolute Gasteiger partial charge is 0.416 e. The third-order valence-corrected chi connectivity index (χ3v) is 3.37. The summed E-state index contributed by atoms with van der Waals surface area (Å²) in [5.74, 6) is -0.366. The molecule has 5 nitrogen and oxygen atoms in total. The van der Waals surface area contributed by atoms with E-state index in [0.29, 0.717) is 5.16 Å². The van der Waals surface area contributed by atoms with Gasteiger partial charge in [-0.3, -0.25) is 4.79 Å². The molecule has 0 aliphatic rings. The lowest BCUT2D eigenvalue weighted by Crippen LogP contribution is -2.19. The normalized spacial score (nSPS) is 11.6. The van der Waals surface area contributed by atoms with Gasteiger partial charge in [-0.05, 0) is 23.8 Å². The summed E-state index contributed by atoms with van der Waals surface area (Å²) < 4.78 is 37.7. The van der Waals surface area contributed by atoms with Crippen LogP contribution in [0.5, 0.6) is 0 Å². The Kier molecular flexibility index (Phi) is 5.69. The van der Waals surface area contributed by atoms with Crippen LogP contribution < -0.4 is 5.43 Å². The fraction of sp³-hybridized carbons (Fsp3) is 0.143. The number of carbonyl (C=O) groups is 1. The number of hydrazone groups is 1. The van der Waals surface area contributed by atoms with Crippen LogP contribution in [0, 0.1) is 0 Å². The number of carbonyl (C=O) groups excluding carboxylic acids is 1. The lowest BCUT2D eigenvalue weighted by Gasteiger charge is -2.06. The average molecular weight is 340 g/mol. The first-order valence-corrected chi connectivity index (χ1v) is 7.33. The molecular formula is C14H11F3N4OS. The van der Waals surface area contributed by atoms with Crippen LogP contribution in [-0.4, -0.2) is 27.8 Å². The molecule has 2 rings (SSSR count). The number of nitrogens with zero attached hydrogens (tertiary/aromatic N) is 3. The van der Waals surface area contributed by atoms with Crippen molar-refractivity contribution in [1.29, 1.82) is 0 Å². The minimum atomic E-state index is -4.42. The van der Waals surface area contributed by atoms with Gasteiger partial charge in [-0.15, -0.1) is 0 Å². The zero-order valence-electron chi connectivity index (χ0n) is 11.6. The molecule has 0 unspecified atom stereocenters. The molecule has 1 amide bonds. The quantitative estimate of drug-likeness (QED) is 0.393. The first kappa shape index (κ1) is 16.9. The number of halogens is 3. The van der Waals surface area contributed by atoms with Gasteiger partial charge in [-0.2, -0.15) is 18.3 Å². The Bertz CT molecular complexity index is 692. The number of alkyl halides is 3. The predicted octanol–water partition coefficient (Wildman–Crippen LogP) is 2.74. The SMILES string of the molecule is O=C(CSc1ncccn1)N/N=C\c1cccc(C(F)(F)F)c1. The van der Waals surface area contributed by atoms with Gasteiger partial charge in [0, 0.05) is 12.4 Å².